The predicted molar refractivity (Wildman–Crippen MR) is 77.5 cm³/mol. The zero-order valence-electron chi connectivity index (χ0n) is 12.0. The molecule has 0 spiro atoms. The Morgan fingerprint density at radius 3 is 2.79 bits per heavy atom. The second-order valence-corrected chi connectivity index (χ2v) is 6.81. The van der Waals surface area contributed by atoms with E-state index in [0.29, 0.717) is 5.41 Å². The van der Waals surface area contributed by atoms with Crippen molar-refractivity contribution in [2.45, 2.75) is 64.7 Å². The first-order valence-corrected chi connectivity index (χ1v) is 7.86. The van der Waals surface area contributed by atoms with Gasteiger partial charge in [0, 0.05) is 11.6 Å². The fourth-order valence-corrected chi connectivity index (χ4v) is 2.98. The second kappa shape index (κ2) is 5.15. The minimum absolute atomic E-state index is 0.244. The van der Waals surface area contributed by atoms with E-state index in [9.17, 15) is 4.79 Å². The van der Waals surface area contributed by atoms with Gasteiger partial charge in [0.1, 0.15) is 0 Å². The lowest BCUT2D eigenvalue weighted by atomic mass is 9.88. The van der Waals surface area contributed by atoms with Crippen molar-refractivity contribution in [3.8, 4) is 0 Å². The van der Waals surface area contributed by atoms with Gasteiger partial charge in [0.15, 0.2) is 0 Å². The molecule has 0 bridgehead atoms. The Hall–Kier alpha value is -1.05. The first-order valence-electron chi connectivity index (χ1n) is 7.86. The molecular formula is C17H25NO. The van der Waals surface area contributed by atoms with Gasteiger partial charge in [0.25, 0.3) is 0 Å². The first-order chi connectivity index (χ1) is 9.16. The fraction of sp³-hybridized carbons (Fsp3) is 0.706. The number of allylic oxidation sites excluding steroid dienone is 4. The fourth-order valence-electron chi connectivity index (χ4n) is 2.98. The van der Waals surface area contributed by atoms with E-state index in [1.54, 1.807) is 0 Å². The van der Waals surface area contributed by atoms with E-state index in [0.717, 1.165) is 25.7 Å². The Morgan fingerprint density at radius 2 is 2.16 bits per heavy atom. The smallest absolute Gasteiger partial charge is 0.227 e. The molecule has 1 N–H and O–H groups in total. The molecule has 0 aromatic rings. The monoisotopic (exact) mass is 259 g/mol. The quantitative estimate of drug-likeness (QED) is 0.585. The molecule has 0 radical (unpaired) electrons. The standard InChI is InChI=1S/C17H25NO/c1-17(10-11-17)9-4-2-3-6-14-12-15(18-16(14)19)13-7-5-8-13/h4,9,14H,2-3,5-8,10-12H2,1H3,(H,18,19)/b9-4+. The Labute approximate surface area is 116 Å². The molecule has 1 heterocycles. The highest BCUT2D eigenvalue weighted by molar-refractivity contribution is 5.83. The molecule has 1 unspecified atom stereocenters. The summed E-state index contributed by atoms with van der Waals surface area (Å²) in [7, 11) is 0. The van der Waals surface area contributed by atoms with Crippen molar-refractivity contribution in [1.82, 2.24) is 5.32 Å². The van der Waals surface area contributed by atoms with Crippen LogP contribution in [0.15, 0.2) is 23.4 Å². The molecule has 19 heavy (non-hydrogen) atoms. The Balaban J connectivity index is 1.40. The van der Waals surface area contributed by atoms with Gasteiger partial charge in [0.05, 0.1) is 0 Å². The topological polar surface area (TPSA) is 29.1 Å². The zero-order chi connectivity index (χ0) is 13.3. The number of unbranched alkanes of at least 4 members (excludes halogenated alkanes) is 1. The van der Waals surface area contributed by atoms with Gasteiger partial charge in [-0.05, 0) is 63.2 Å². The van der Waals surface area contributed by atoms with Gasteiger partial charge in [-0.3, -0.25) is 4.79 Å². The molecule has 1 atom stereocenters. The highest BCUT2D eigenvalue weighted by Crippen LogP contribution is 2.46. The Kier molecular flexibility index (Phi) is 3.51. The Morgan fingerprint density at radius 1 is 1.37 bits per heavy atom. The summed E-state index contributed by atoms with van der Waals surface area (Å²) in [6.07, 6.45) is 15.4. The van der Waals surface area contributed by atoms with Crippen LogP contribution in [0.25, 0.3) is 0 Å². The molecule has 1 aliphatic heterocycles. The van der Waals surface area contributed by atoms with Crippen LogP contribution in [0.5, 0.6) is 0 Å². The molecule has 104 valence electrons. The average molecular weight is 259 g/mol. The van der Waals surface area contributed by atoms with Crippen LogP contribution in [0, 0.1) is 11.3 Å². The molecule has 1 amide bonds. The van der Waals surface area contributed by atoms with Gasteiger partial charge < -0.3 is 5.32 Å². The van der Waals surface area contributed by atoms with Crippen molar-refractivity contribution in [3.63, 3.8) is 0 Å². The van der Waals surface area contributed by atoms with Crippen LogP contribution in [0.2, 0.25) is 0 Å². The summed E-state index contributed by atoms with van der Waals surface area (Å²) in [5.74, 6) is 0.514. The molecular weight excluding hydrogens is 234 g/mol. The molecule has 2 heteroatoms. The summed E-state index contributed by atoms with van der Waals surface area (Å²) in [5, 5.41) is 3.10. The third kappa shape index (κ3) is 3.10. The molecule has 3 fully saturated rings. The number of rotatable bonds is 5. The summed E-state index contributed by atoms with van der Waals surface area (Å²) in [6, 6.07) is 0. The molecule has 3 aliphatic rings. The summed E-state index contributed by atoms with van der Waals surface area (Å²) < 4.78 is 0. The van der Waals surface area contributed by atoms with E-state index in [4.69, 9.17) is 0 Å². The van der Waals surface area contributed by atoms with Crippen LogP contribution < -0.4 is 5.32 Å². The highest BCUT2D eigenvalue weighted by Gasteiger charge is 2.34. The lowest BCUT2D eigenvalue weighted by Crippen LogP contribution is -2.19. The van der Waals surface area contributed by atoms with E-state index in [2.05, 4.69) is 24.4 Å². The van der Waals surface area contributed by atoms with Crippen molar-refractivity contribution in [2.24, 2.45) is 11.3 Å². The molecule has 2 saturated carbocycles. The summed E-state index contributed by atoms with van der Waals surface area (Å²) in [6.45, 7) is 2.32. The third-order valence-electron chi connectivity index (χ3n) is 4.96. The van der Waals surface area contributed by atoms with E-state index in [1.165, 1.54) is 43.4 Å². The number of hydrogen-bond donors (Lipinski definition) is 1. The number of carbonyl (C=O) groups excluding carboxylic acids is 1. The number of nitrogens with one attached hydrogen (secondary N) is 1. The maximum Gasteiger partial charge on any atom is 0.227 e. The largest absolute Gasteiger partial charge is 0.330 e. The van der Waals surface area contributed by atoms with Crippen LogP contribution >= 0.6 is 0 Å². The lowest BCUT2D eigenvalue weighted by Gasteiger charge is -2.19. The normalized spacial score (nSPS) is 28.7. The predicted octanol–water partition coefficient (Wildman–Crippen LogP) is 4.09. The van der Waals surface area contributed by atoms with Gasteiger partial charge in [-0.15, -0.1) is 0 Å². The summed E-state index contributed by atoms with van der Waals surface area (Å²) in [4.78, 5) is 11.9. The van der Waals surface area contributed by atoms with Crippen molar-refractivity contribution in [1.29, 1.82) is 0 Å². The average Bonchev–Trinajstić information content (AvgIpc) is 2.92. The van der Waals surface area contributed by atoms with Crippen LogP contribution in [0.1, 0.15) is 64.7 Å². The number of carbonyl (C=O) groups is 1. The van der Waals surface area contributed by atoms with Gasteiger partial charge in [-0.1, -0.05) is 24.6 Å². The summed E-state index contributed by atoms with van der Waals surface area (Å²) in [5.41, 5.74) is 3.30. The van der Waals surface area contributed by atoms with E-state index < -0.39 is 0 Å². The third-order valence-corrected chi connectivity index (χ3v) is 4.96. The minimum atomic E-state index is 0.244. The van der Waals surface area contributed by atoms with E-state index >= 15 is 0 Å². The molecule has 1 saturated heterocycles. The van der Waals surface area contributed by atoms with Gasteiger partial charge in [-0.2, -0.15) is 0 Å². The molecule has 0 aromatic carbocycles. The second-order valence-electron chi connectivity index (χ2n) is 6.81. The molecule has 3 rings (SSSR count). The molecule has 0 aromatic heterocycles. The maximum atomic E-state index is 11.9. The van der Waals surface area contributed by atoms with E-state index in [-0.39, 0.29) is 11.8 Å². The van der Waals surface area contributed by atoms with E-state index in [1.807, 2.05) is 0 Å². The van der Waals surface area contributed by atoms with Crippen LogP contribution in [0.4, 0.5) is 0 Å². The van der Waals surface area contributed by atoms with Gasteiger partial charge >= 0.3 is 0 Å². The number of amides is 1. The highest BCUT2D eigenvalue weighted by atomic mass is 16.2. The van der Waals surface area contributed by atoms with Crippen LogP contribution in [-0.4, -0.2) is 5.91 Å². The van der Waals surface area contributed by atoms with Crippen molar-refractivity contribution < 1.29 is 4.79 Å². The lowest BCUT2D eigenvalue weighted by molar-refractivity contribution is -0.122. The van der Waals surface area contributed by atoms with Gasteiger partial charge in [-0.25, -0.2) is 0 Å². The maximum absolute atomic E-state index is 11.9. The SMILES string of the molecule is CC1(/C=C/CCCC2CC(=C3CCC3)NC2=O)CC1. The molecule has 2 nitrogen and oxygen atoms in total. The van der Waals surface area contributed by atoms with Crippen molar-refractivity contribution in [3.05, 3.63) is 23.4 Å². The first kappa shape index (κ1) is 13.0. The van der Waals surface area contributed by atoms with Crippen LogP contribution in [-0.2, 0) is 4.79 Å². The van der Waals surface area contributed by atoms with Crippen molar-refractivity contribution in [2.75, 3.05) is 0 Å². The zero-order valence-corrected chi connectivity index (χ0v) is 12.0. The van der Waals surface area contributed by atoms with Crippen LogP contribution in [0.3, 0.4) is 0 Å². The number of hydrogen-bond acceptors (Lipinski definition) is 1. The summed E-state index contributed by atoms with van der Waals surface area (Å²) >= 11 is 0. The van der Waals surface area contributed by atoms with Gasteiger partial charge in [0.2, 0.25) is 5.91 Å². The Bertz CT molecular complexity index is 423. The molecule has 2 aliphatic carbocycles. The minimum Gasteiger partial charge on any atom is -0.330 e. The van der Waals surface area contributed by atoms with Crippen molar-refractivity contribution >= 4 is 5.91 Å².